The van der Waals surface area contributed by atoms with Crippen molar-refractivity contribution in [1.29, 1.82) is 0 Å². The minimum Gasteiger partial charge on any atom is -0.462 e. The molecule has 13 atom stereocenters. The van der Waals surface area contributed by atoms with Gasteiger partial charge in [0.25, 0.3) is 0 Å². The third-order valence-electron chi connectivity index (χ3n) is 15.0. The summed E-state index contributed by atoms with van der Waals surface area (Å²) >= 11 is 0. The lowest BCUT2D eigenvalue weighted by molar-refractivity contribution is -0.216. The van der Waals surface area contributed by atoms with Crippen LogP contribution in [0.3, 0.4) is 0 Å². The Morgan fingerprint density at radius 3 is 2.24 bits per heavy atom. The van der Waals surface area contributed by atoms with E-state index in [4.69, 9.17) is 9.47 Å². The number of carbonyl (C=O) groups excluding carboxylic acids is 1. The summed E-state index contributed by atoms with van der Waals surface area (Å²) in [5.41, 5.74) is -1.12. The normalized spacial score (nSPS) is 52.7. The SMILES string of the molecule is CC(C)C(C)C(=O)O[C@H]1CC2C3(CC[C@]4(C)[C@@H](C5CCC(C(C)(C)O)O5)[C@@H](O)C[C@@]24C)C[C@@]32CC[C@H](O)C(C)(C)[C@H]12. The molecular weight excluding hydrogens is 516 g/mol. The molecule has 6 nitrogen and oxygen atoms in total. The molecule has 0 amide bonds. The molecule has 0 aromatic heterocycles. The Morgan fingerprint density at radius 1 is 0.951 bits per heavy atom. The summed E-state index contributed by atoms with van der Waals surface area (Å²) < 4.78 is 13.1. The van der Waals surface area contributed by atoms with Gasteiger partial charge in [0, 0.05) is 11.8 Å². The van der Waals surface area contributed by atoms with E-state index in [1.807, 2.05) is 20.8 Å². The van der Waals surface area contributed by atoms with Gasteiger partial charge in [-0.2, -0.15) is 0 Å². The lowest BCUT2D eigenvalue weighted by Crippen LogP contribution is -2.62. The van der Waals surface area contributed by atoms with Crippen LogP contribution in [0.4, 0.5) is 0 Å². The van der Waals surface area contributed by atoms with E-state index in [1.165, 1.54) is 0 Å². The third kappa shape index (κ3) is 3.91. The van der Waals surface area contributed by atoms with E-state index in [2.05, 4.69) is 41.5 Å². The van der Waals surface area contributed by atoms with E-state index >= 15 is 0 Å². The summed E-state index contributed by atoms with van der Waals surface area (Å²) in [5, 5.41) is 33.8. The molecule has 5 aliphatic carbocycles. The average molecular weight is 575 g/mol. The zero-order chi connectivity index (χ0) is 30.1. The summed E-state index contributed by atoms with van der Waals surface area (Å²) in [6.07, 6.45) is 7.18. The Labute approximate surface area is 248 Å². The molecule has 6 heteroatoms. The molecule has 1 saturated heterocycles. The molecule has 5 unspecified atom stereocenters. The molecule has 0 aromatic carbocycles. The van der Waals surface area contributed by atoms with Crippen LogP contribution < -0.4 is 0 Å². The second-order valence-corrected chi connectivity index (χ2v) is 17.7. The van der Waals surface area contributed by atoms with Crippen LogP contribution in [0, 0.1) is 56.7 Å². The van der Waals surface area contributed by atoms with Gasteiger partial charge < -0.3 is 24.8 Å². The highest BCUT2D eigenvalue weighted by atomic mass is 16.5. The van der Waals surface area contributed by atoms with Crippen LogP contribution in [0.25, 0.3) is 0 Å². The Bertz CT molecular complexity index is 1060. The topological polar surface area (TPSA) is 96.2 Å². The number of carbonyl (C=O) groups is 1. The number of aliphatic hydroxyl groups excluding tert-OH is 2. The van der Waals surface area contributed by atoms with Gasteiger partial charge >= 0.3 is 5.97 Å². The summed E-state index contributed by atoms with van der Waals surface area (Å²) in [7, 11) is 0. The van der Waals surface area contributed by atoms with E-state index in [1.54, 1.807) is 0 Å². The molecule has 234 valence electrons. The van der Waals surface area contributed by atoms with Gasteiger partial charge in [-0.3, -0.25) is 4.79 Å². The molecule has 1 aliphatic heterocycles. The number of rotatable bonds is 5. The monoisotopic (exact) mass is 574 g/mol. The molecule has 6 fully saturated rings. The standard InChI is InChI=1S/C35H58O6/c1-19(2)20(3)29(38)41-23-16-24-33(9)17-21(36)27(22-10-11-26(40-22)31(6,7)39)32(33,8)14-15-34(24)18-35(34)13-12-25(37)30(4,5)28(23)35/h19-28,36-37,39H,10-18H2,1-9H3/t20?,21-,22?,23-,24?,25-,26?,27+,28-,32+,33-,34?,35+/m0/s1. The van der Waals surface area contributed by atoms with Gasteiger partial charge in [0.15, 0.2) is 0 Å². The van der Waals surface area contributed by atoms with Crippen molar-refractivity contribution in [1.82, 2.24) is 0 Å². The largest absolute Gasteiger partial charge is 0.462 e. The zero-order valence-corrected chi connectivity index (χ0v) is 27.2. The minimum atomic E-state index is -0.888. The summed E-state index contributed by atoms with van der Waals surface area (Å²) in [4.78, 5) is 13.5. The maximum atomic E-state index is 13.5. The van der Waals surface area contributed by atoms with Crippen molar-refractivity contribution in [2.75, 3.05) is 0 Å². The lowest BCUT2D eigenvalue weighted by atomic mass is 9.41. The molecule has 2 spiro atoms. The van der Waals surface area contributed by atoms with Gasteiger partial charge in [-0.25, -0.2) is 0 Å². The molecule has 0 radical (unpaired) electrons. The van der Waals surface area contributed by atoms with Crippen LogP contribution in [0.1, 0.15) is 120 Å². The van der Waals surface area contributed by atoms with Gasteiger partial charge in [-0.05, 0) is 111 Å². The van der Waals surface area contributed by atoms with E-state index < -0.39 is 11.7 Å². The van der Waals surface area contributed by atoms with E-state index in [-0.39, 0.29) is 81.1 Å². The van der Waals surface area contributed by atoms with Gasteiger partial charge in [-0.15, -0.1) is 0 Å². The average Bonchev–Trinajstić information content (AvgIpc) is 3.12. The highest BCUT2D eigenvalue weighted by molar-refractivity contribution is 5.72. The predicted molar refractivity (Wildman–Crippen MR) is 158 cm³/mol. The highest BCUT2D eigenvalue weighted by Gasteiger charge is 2.85. The molecule has 6 rings (SSSR count). The van der Waals surface area contributed by atoms with Crippen molar-refractivity contribution in [3.8, 4) is 0 Å². The van der Waals surface area contributed by atoms with Crippen molar-refractivity contribution >= 4 is 5.97 Å². The Morgan fingerprint density at radius 2 is 1.63 bits per heavy atom. The molecule has 1 heterocycles. The smallest absolute Gasteiger partial charge is 0.309 e. The number of fused-ring (bicyclic) bond motifs is 2. The van der Waals surface area contributed by atoms with Crippen LogP contribution in [0.15, 0.2) is 0 Å². The predicted octanol–water partition coefficient (Wildman–Crippen LogP) is 5.89. The molecule has 0 aromatic rings. The van der Waals surface area contributed by atoms with Crippen LogP contribution in [0.5, 0.6) is 0 Å². The van der Waals surface area contributed by atoms with Gasteiger partial charge in [0.2, 0.25) is 0 Å². The van der Waals surface area contributed by atoms with Crippen LogP contribution in [0.2, 0.25) is 0 Å². The maximum Gasteiger partial charge on any atom is 0.309 e. The van der Waals surface area contributed by atoms with Crippen LogP contribution >= 0.6 is 0 Å². The zero-order valence-electron chi connectivity index (χ0n) is 27.2. The second kappa shape index (κ2) is 9.17. The van der Waals surface area contributed by atoms with Crippen molar-refractivity contribution in [3.63, 3.8) is 0 Å². The maximum absolute atomic E-state index is 13.5. The van der Waals surface area contributed by atoms with Crippen molar-refractivity contribution in [2.45, 2.75) is 156 Å². The van der Waals surface area contributed by atoms with Crippen LogP contribution in [-0.2, 0) is 14.3 Å². The number of ether oxygens (including phenoxy) is 2. The number of hydrogen-bond donors (Lipinski definition) is 3. The first kappa shape index (κ1) is 30.3. The van der Waals surface area contributed by atoms with Crippen LogP contribution in [-0.4, -0.2) is 57.4 Å². The summed E-state index contributed by atoms with van der Waals surface area (Å²) in [6, 6.07) is 0. The number of hydrogen-bond acceptors (Lipinski definition) is 6. The molecular formula is C35H58O6. The summed E-state index contributed by atoms with van der Waals surface area (Å²) in [6.45, 7) is 19.1. The Hall–Kier alpha value is -0.690. The lowest BCUT2D eigenvalue weighted by Gasteiger charge is -2.64. The van der Waals surface area contributed by atoms with Gasteiger partial charge in [0.1, 0.15) is 6.10 Å². The molecule has 3 N–H and O–H groups in total. The van der Waals surface area contributed by atoms with E-state index in [0.29, 0.717) is 5.92 Å². The summed E-state index contributed by atoms with van der Waals surface area (Å²) in [5.74, 6) is 0.492. The third-order valence-corrected chi connectivity index (χ3v) is 15.0. The second-order valence-electron chi connectivity index (χ2n) is 17.7. The minimum absolute atomic E-state index is 0.0382. The van der Waals surface area contributed by atoms with Crippen molar-refractivity contribution in [3.05, 3.63) is 0 Å². The van der Waals surface area contributed by atoms with E-state index in [0.717, 1.165) is 57.8 Å². The number of aliphatic hydroxyl groups is 3. The highest BCUT2D eigenvalue weighted by Crippen LogP contribution is 2.89. The first-order valence-corrected chi connectivity index (χ1v) is 16.8. The molecule has 41 heavy (non-hydrogen) atoms. The first-order chi connectivity index (χ1) is 18.9. The first-order valence-electron chi connectivity index (χ1n) is 16.8. The number of esters is 1. The fourth-order valence-electron chi connectivity index (χ4n) is 12.2. The molecule has 6 aliphatic rings. The van der Waals surface area contributed by atoms with Gasteiger partial charge in [-0.1, -0.05) is 48.5 Å². The quantitative estimate of drug-likeness (QED) is 0.355. The van der Waals surface area contributed by atoms with Crippen molar-refractivity contribution in [2.24, 2.45) is 56.7 Å². The Balaban J connectivity index is 1.36. The fraction of sp³-hybridized carbons (Fsp3) is 0.971. The fourth-order valence-corrected chi connectivity index (χ4v) is 12.2. The molecule has 0 bridgehead atoms. The van der Waals surface area contributed by atoms with E-state index in [9.17, 15) is 20.1 Å². The van der Waals surface area contributed by atoms with Crippen molar-refractivity contribution < 1.29 is 29.6 Å². The molecule has 5 saturated carbocycles. The van der Waals surface area contributed by atoms with Gasteiger partial charge in [0.05, 0.1) is 35.9 Å². The Kier molecular flexibility index (Phi) is 6.79.